The van der Waals surface area contributed by atoms with Crippen molar-refractivity contribution in [1.29, 1.82) is 0 Å². The molecule has 0 unspecified atom stereocenters. The highest BCUT2D eigenvalue weighted by atomic mass is 79.9. The van der Waals surface area contributed by atoms with E-state index < -0.39 is 0 Å². The second-order valence-corrected chi connectivity index (χ2v) is 3.99. The monoisotopic (exact) mass is 329 g/mol. The van der Waals surface area contributed by atoms with Crippen LogP contribution in [0.2, 0.25) is 0 Å². The standard InChI is InChI=1S/C9H19N3.2BrH/c1-11-4-6-12(7-5-11)9-2-3-10-8-9;;/h9-10H,2-8H2,1H3;2*1H/t9-;;/m0../s1. The van der Waals surface area contributed by atoms with E-state index in [9.17, 15) is 0 Å². The van der Waals surface area contributed by atoms with Crippen molar-refractivity contribution in [3.8, 4) is 0 Å². The summed E-state index contributed by atoms with van der Waals surface area (Å²) in [5.41, 5.74) is 0. The summed E-state index contributed by atoms with van der Waals surface area (Å²) < 4.78 is 0. The highest BCUT2D eigenvalue weighted by molar-refractivity contribution is 8.93. The molecule has 1 N–H and O–H groups in total. The molecule has 2 heterocycles. The van der Waals surface area contributed by atoms with Gasteiger partial charge in [-0.3, -0.25) is 4.90 Å². The van der Waals surface area contributed by atoms with Gasteiger partial charge in [-0.2, -0.15) is 0 Å². The van der Waals surface area contributed by atoms with Gasteiger partial charge in [0.2, 0.25) is 0 Å². The van der Waals surface area contributed by atoms with Crippen molar-refractivity contribution in [3.05, 3.63) is 0 Å². The second-order valence-electron chi connectivity index (χ2n) is 3.99. The fourth-order valence-electron chi connectivity index (χ4n) is 2.14. The molecule has 1 atom stereocenters. The third kappa shape index (κ3) is 3.77. The first kappa shape index (κ1) is 14.8. The molecule has 3 nitrogen and oxygen atoms in total. The summed E-state index contributed by atoms with van der Waals surface area (Å²) in [6, 6.07) is 0.832. The normalized spacial score (nSPS) is 29.4. The van der Waals surface area contributed by atoms with Gasteiger partial charge < -0.3 is 10.2 Å². The van der Waals surface area contributed by atoms with Crippen LogP contribution < -0.4 is 5.32 Å². The van der Waals surface area contributed by atoms with Crippen molar-refractivity contribution in [2.24, 2.45) is 0 Å². The molecule has 0 bridgehead atoms. The van der Waals surface area contributed by atoms with Crippen LogP contribution in [-0.2, 0) is 0 Å². The van der Waals surface area contributed by atoms with Crippen molar-refractivity contribution < 1.29 is 0 Å². The minimum atomic E-state index is 0. The molecule has 5 heteroatoms. The molecule has 0 aromatic rings. The second kappa shape index (κ2) is 7.17. The van der Waals surface area contributed by atoms with Crippen LogP contribution in [-0.4, -0.2) is 62.2 Å². The minimum Gasteiger partial charge on any atom is -0.315 e. The molecule has 0 aromatic heterocycles. The quantitative estimate of drug-likeness (QED) is 0.765. The van der Waals surface area contributed by atoms with Crippen LogP contribution in [0, 0.1) is 0 Å². The highest BCUT2D eigenvalue weighted by Gasteiger charge is 2.24. The van der Waals surface area contributed by atoms with Crippen molar-refractivity contribution in [2.45, 2.75) is 12.5 Å². The molecule has 0 aromatic carbocycles. The van der Waals surface area contributed by atoms with Gasteiger partial charge in [0.25, 0.3) is 0 Å². The molecule has 0 spiro atoms. The number of rotatable bonds is 1. The Hall–Kier alpha value is 0.840. The molecule has 0 saturated carbocycles. The number of halogens is 2. The Morgan fingerprint density at radius 2 is 1.71 bits per heavy atom. The molecule has 0 amide bonds. The SMILES string of the molecule is Br.Br.CN1CCN([C@H]2CCNC2)CC1. The van der Waals surface area contributed by atoms with Crippen LogP contribution in [0.3, 0.4) is 0 Å². The average molecular weight is 331 g/mol. The zero-order chi connectivity index (χ0) is 8.39. The number of nitrogens with one attached hydrogen (secondary N) is 1. The maximum Gasteiger partial charge on any atom is 0.0233 e. The average Bonchev–Trinajstić information content (AvgIpc) is 2.58. The van der Waals surface area contributed by atoms with Crippen molar-refractivity contribution in [3.63, 3.8) is 0 Å². The fourth-order valence-corrected chi connectivity index (χ4v) is 2.14. The number of nitrogens with zero attached hydrogens (tertiary/aromatic N) is 2. The third-order valence-corrected chi connectivity index (χ3v) is 3.09. The maximum atomic E-state index is 3.43. The first-order chi connectivity index (χ1) is 5.86. The summed E-state index contributed by atoms with van der Waals surface area (Å²) in [6.07, 6.45) is 1.35. The van der Waals surface area contributed by atoms with E-state index in [1.807, 2.05) is 0 Å². The van der Waals surface area contributed by atoms with Crippen LogP contribution in [0.5, 0.6) is 0 Å². The van der Waals surface area contributed by atoms with Gasteiger partial charge in [0.1, 0.15) is 0 Å². The van der Waals surface area contributed by atoms with Crippen LogP contribution in [0.1, 0.15) is 6.42 Å². The molecular weight excluding hydrogens is 310 g/mol. The number of piperazine rings is 1. The summed E-state index contributed by atoms with van der Waals surface area (Å²) in [5.74, 6) is 0. The summed E-state index contributed by atoms with van der Waals surface area (Å²) in [4.78, 5) is 5.05. The predicted molar refractivity (Wildman–Crippen MR) is 71.0 cm³/mol. The largest absolute Gasteiger partial charge is 0.315 e. The maximum absolute atomic E-state index is 3.43. The molecule has 0 radical (unpaired) electrons. The van der Waals surface area contributed by atoms with Gasteiger partial charge in [-0.15, -0.1) is 34.0 Å². The van der Waals surface area contributed by atoms with E-state index in [2.05, 4.69) is 22.2 Å². The summed E-state index contributed by atoms with van der Waals surface area (Å²) >= 11 is 0. The van der Waals surface area contributed by atoms with Gasteiger partial charge in [-0.25, -0.2) is 0 Å². The van der Waals surface area contributed by atoms with Crippen LogP contribution in [0.15, 0.2) is 0 Å². The molecular formula is C9H21Br2N3. The fraction of sp³-hybridized carbons (Fsp3) is 1.00. The zero-order valence-electron chi connectivity index (χ0n) is 8.74. The molecule has 2 aliphatic rings. The molecule has 2 fully saturated rings. The zero-order valence-corrected chi connectivity index (χ0v) is 12.2. The summed E-state index contributed by atoms with van der Waals surface area (Å²) in [5, 5.41) is 3.43. The van der Waals surface area contributed by atoms with Gasteiger partial charge in [-0.05, 0) is 20.0 Å². The number of hydrogen-bond acceptors (Lipinski definition) is 3. The summed E-state index contributed by atoms with van der Waals surface area (Å²) in [6.45, 7) is 7.46. The molecule has 86 valence electrons. The van der Waals surface area contributed by atoms with Gasteiger partial charge in [-0.1, -0.05) is 0 Å². The van der Waals surface area contributed by atoms with E-state index in [1.54, 1.807) is 0 Å². The molecule has 2 rings (SSSR count). The molecule has 2 aliphatic heterocycles. The smallest absolute Gasteiger partial charge is 0.0233 e. The lowest BCUT2D eigenvalue weighted by Crippen LogP contribution is -2.49. The molecule has 0 aliphatic carbocycles. The van der Waals surface area contributed by atoms with Gasteiger partial charge >= 0.3 is 0 Å². The lowest BCUT2D eigenvalue weighted by atomic mass is 10.2. The first-order valence-electron chi connectivity index (χ1n) is 4.99. The Morgan fingerprint density at radius 3 is 2.21 bits per heavy atom. The van der Waals surface area contributed by atoms with Gasteiger partial charge in [0.05, 0.1) is 0 Å². The molecule has 14 heavy (non-hydrogen) atoms. The molecule has 2 saturated heterocycles. The van der Waals surface area contributed by atoms with E-state index in [0.717, 1.165) is 6.04 Å². The Bertz CT molecular complexity index is 143. The van der Waals surface area contributed by atoms with E-state index in [-0.39, 0.29) is 34.0 Å². The van der Waals surface area contributed by atoms with Gasteiger partial charge in [0, 0.05) is 38.8 Å². The third-order valence-electron chi connectivity index (χ3n) is 3.09. The lowest BCUT2D eigenvalue weighted by Gasteiger charge is -2.36. The Morgan fingerprint density at radius 1 is 1.07 bits per heavy atom. The van der Waals surface area contributed by atoms with E-state index in [0.29, 0.717) is 0 Å². The van der Waals surface area contributed by atoms with Crippen molar-refractivity contribution in [2.75, 3.05) is 46.3 Å². The summed E-state index contributed by atoms with van der Waals surface area (Å²) in [7, 11) is 2.21. The predicted octanol–water partition coefficient (Wildman–Crippen LogP) is 0.751. The topological polar surface area (TPSA) is 18.5 Å². The van der Waals surface area contributed by atoms with Crippen LogP contribution in [0.4, 0.5) is 0 Å². The Balaban J connectivity index is 0.000000845. The van der Waals surface area contributed by atoms with E-state index >= 15 is 0 Å². The van der Waals surface area contributed by atoms with Gasteiger partial charge in [0.15, 0.2) is 0 Å². The van der Waals surface area contributed by atoms with Crippen molar-refractivity contribution in [1.82, 2.24) is 15.1 Å². The number of likely N-dealkylation sites (N-methyl/N-ethyl adjacent to an activating group) is 1. The van der Waals surface area contributed by atoms with Crippen LogP contribution in [0.25, 0.3) is 0 Å². The Kier molecular flexibility index (Phi) is 7.60. The first-order valence-corrected chi connectivity index (χ1v) is 4.99. The van der Waals surface area contributed by atoms with Crippen molar-refractivity contribution >= 4 is 34.0 Å². The Labute approximate surface area is 108 Å². The van der Waals surface area contributed by atoms with E-state index in [4.69, 9.17) is 0 Å². The van der Waals surface area contributed by atoms with E-state index in [1.165, 1.54) is 45.7 Å². The number of hydrogen-bond donors (Lipinski definition) is 1. The van der Waals surface area contributed by atoms with Crippen LogP contribution >= 0.6 is 34.0 Å². The highest BCUT2D eigenvalue weighted by Crippen LogP contribution is 2.10. The lowest BCUT2D eigenvalue weighted by molar-refractivity contribution is 0.119. The minimum absolute atomic E-state index is 0.